The van der Waals surface area contributed by atoms with Gasteiger partial charge in [-0.25, -0.2) is 0 Å². The minimum Gasteiger partial charge on any atom is -0.494 e. The van der Waals surface area contributed by atoms with E-state index in [1.54, 1.807) is 0 Å². The minimum atomic E-state index is -0.353. The van der Waals surface area contributed by atoms with Crippen molar-refractivity contribution in [3.05, 3.63) is 59.2 Å². The lowest BCUT2D eigenvalue weighted by Gasteiger charge is -2.34. The fraction of sp³-hybridized carbons (Fsp3) is 0.517. The third kappa shape index (κ3) is 6.55. The first-order chi connectivity index (χ1) is 17.1. The molecule has 1 aliphatic carbocycles. The van der Waals surface area contributed by atoms with Gasteiger partial charge in [-0.1, -0.05) is 12.1 Å². The van der Waals surface area contributed by atoms with E-state index in [-0.39, 0.29) is 12.0 Å². The first kappa shape index (κ1) is 25.1. The van der Waals surface area contributed by atoms with Crippen LogP contribution in [0.4, 0.5) is 0 Å². The summed E-state index contributed by atoms with van der Waals surface area (Å²) in [5.41, 5.74) is 7.97. The molecular formula is C29H37N3O3. The number of nitrogens with two attached hydrogens (primary N) is 1. The van der Waals surface area contributed by atoms with Gasteiger partial charge in [-0.05, 0) is 106 Å². The smallest absolute Gasteiger partial charge is 0.248 e. The number of carbonyl (C=O) groups is 1. The van der Waals surface area contributed by atoms with E-state index in [4.69, 9.17) is 15.2 Å². The number of carbonyl (C=O) groups excluding carboxylic acids is 1. The summed E-state index contributed by atoms with van der Waals surface area (Å²) < 4.78 is 11.8. The predicted octanol–water partition coefficient (Wildman–Crippen LogP) is 5.26. The Balaban J connectivity index is 1.22. The number of likely N-dealkylation sites (tertiary alicyclic amines) is 1. The van der Waals surface area contributed by atoms with Gasteiger partial charge in [0.2, 0.25) is 5.91 Å². The molecule has 2 aromatic rings. The maximum Gasteiger partial charge on any atom is 0.248 e. The Bertz CT molecular complexity index is 1030. The van der Waals surface area contributed by atoms with Crippen molar-refractivity contribution < 1.29 is 14.3 Å². The van der Waals surface area contributed by atoms with Crippen LogP contribution in [0.2, 0.25) is 0 Å². The molecule has 2 aliphatic rings. The summed E-state index contributed by atoms with van der Waals surface area (Å²) in [6.07, 6.45) is 7.96. The first-order valence-corrected chi connectivity index (χ1v) is 13.0. The number of nitriles is 1. The number of nitrogens with zero attached hydrogens (tertiary/aromatic N) is 2. The lowest BCUT2D eigenvalue weighted by molar-refractivity contribution is 0.0950. The zero-order chi connectivity index (χ0) is 24.6. The topological polar surface area (TPSA) is 88.6 Å². The van der Waals surface area contributed by atoms with Crippen LogP contribution in [0.15, 0.2) is 42.5 Å². The fourth-order valence-corrected chi connectivity index (χ4v) is 5.58. The van der Waals surface area contributed by atoms with Crippen molar-refractivity contribution in [1.29, 1.82) is 5.26 Å². The predicted molar refractivity (Wildman–Crippen MR) is 137 cm³/mol. The number of para-hydroxylation sites is 1. The van der Waals surface area contributed by atoms with Crippen LogP contribution in [0.1, 0.15) is 79.3 Å². The molecule has 4 rings (SSSR count). The van der Waals surface area contributed by atoms with Gasteiger partial charge >= 0.3 is 0 Å². The number of amides is 1. The van der Waals surface area contributed by atoms with E-state index < -0.39 is 0 Å². The third-order valence-electron chi connectivity index (χ3n) is 7.58. The van der Waals surface area contributed by atoms with Gasteiger partial charge < -0.3 is 20.1 Å². The van der Waals surface area contributed by atoms with Crippen LogP contribution in [0.3, 0.4) is 0 Å². The van der Waals surface area contributed by atoms with E-state index in [2.05, 4.69) is 11.0 Å². The molecule has 0 bridgehead atoms. The van der Waals surface area contributed by atoms with Gasteiger partial charge in [0, 0.05) is 18.7 Å². The van der Waals surface area contributed by atoms with Gasteiger partial charge in [0.25, 0.3) is 0 Å². The molecule has 1 saturated carbocycles. The molecule has 6 heteroatoms. The molecule has 1 heterocycles. The molecule has 0 atom stereocenters. The fourth-order valence-electron chi connectivity index (χ4n) is 5.58. The maximum absolute atomic E-state index is 12.0. The van der Waals surface area contributed by atoms with E-state index in [0.717, 1.165) is 62.5 Å². The van der Waals surface area contributed by atoms with Crippen molar-refractivity contribution in [1.82, 2.24) is 4.90 Å². The molecule has 0 aromatic heterocycles. The second kappa shape index (κ2) is 12.1. The molecule has 186 valence electrons. The van der Waals surface area contributed by atoms with Crippen molar-refractivity contribution in [2.75, 3.05) is 26.2 Å². The van der Waals surface area contributed by atoms with Gasteiger partial charge in [0.15, 0.2) is 0 Å². The van der Waals surface area contributed by atoms with Crippen LogP contribution in [0, 0.1) is 17.2 Å². The second-order valence-electron chi connectivity index (χ2n) is 9.82. The average molecular weight is 476 g/mol. The van der Waals surface area contributed by atoms with Gasteiger partial charge in [-0.3, -0.25) is 4.79 Å². The van der Waals surface area contributed by atoms with Crippen LogP contribution in [0.25, 0.3) is 0 Å². The lowest BCUT2D eigenvalue weighted by atomic mass is 9.76. The van der Waals surface area contributed by atoms with Crippen molar-refractivity contribution >= 4 is 5.91 Å². The number of piperidine rings is 1. The SMILES string of the molecule is CCOc1ccc(C(N)=O)c(C2CCC(CCN3CCC(Oc4ccccc4C#N)CC3)CC2)c1. The van der Waals surface area contributed by atoms with Gasteiger partial charge in [0.1, 0.15) is 23.7 Å². The molecule has 1 saturated heterocycles. The molecular weight excluding hydrogens is 438 g/mol. The van der Waals surface area contributed by atoms with Gasteiger partial charge in [-0.2, -0.15) is 5.26 Å². The molecule has 1 amide bonds. The van der Waals surface area contributed by atoms with Crippen molar-refractivity contribution in [3.63, 3.8) is 0 Å². The molecule has 1 aliphatic heterocycles. The molecule has 6 nitrogen and oxygen atoms in total. The number of rotatable bonds is 9. The largest absolute Gasteiger partial charge is 0.494 e. The second-order valence-corrected chi connectivity index (χ2v) is 9.82. The highest BCUT2D eigenvalue weighted by atomic mass is 16.5. The normalized spacial score (nSPS) is 21.3. The Morgan fingerprint density at radius 3 is 2.51 bits per heavy atom. The van der Waals surface area contributed by atoms with E-state index in [1.165, 1.54) is 19.3 Å². The molecule has 0 unspecified atom stereocenters. The zero-order valence-electron chi connectivity index (χ0n) is 20.7. The summed E-state index contributed by atoms with van der Waals surface area (Å²) in [7, 11) is 0. The average Bonchev–Trinajstić information content (AvgIpc) is 2.89. The monoisotopic (exact) mass is 475 g/mol. The molecule has 2 N–H and O–H groups in total. The minimum absolute atomic E-state index is 0.183. The van der Waals surface area contributed by atoms with Crippen molar-refractivity contribution in [2.24, 2.45) is 11.7 Å². The first-order valence-electron chi connectivity index (χ1n) is 13.0. The van der Waals surface area contributed by atoms with Crippen LogP contribution in [0.5, 0.6) is 11.5 Å². The molecule has 2 fully saturated rings. The van der Waals surface area contributed by atoms with E-state index in [1.807, 2.05) is 49.4 Å². The Hall–Kier alpha value is -3.04. The summed E-state index contributed by atoms with van der Waals surface area (Å²) >= 11 is 0. The van der Waals surface area contributed by atoms with Crippen LogP contribution >= 0.6 is 0 Å². The number of primary amides is 1. The lowest BCUT2D eigenvalue weighted by Crippen LogP contribution is -2.39. The van der Waals surface area contributed by atoms with E-state index in [9.17, 15) is 10.1 Å². The highest BCUT2D eigenvalue weighted by molar-refractivity contribution is 5.94. The Morgan fingerprint density at radius 1 is 1.09 bits per heavy atom. The van der Waals surface area contributed by atoms with E-state index in [0.29, 0.717) is 29.4 Å². The Kier molecular flexibility index (Phi) is 8.65. The number of benzene rings is 2. The Morgan fingerprint density at radius 2 is 1.83 bits per heavy atom. The molecule has 2 aromatic carbocycles. The van der Waals surface area contributed by atoms with Crippen LogP contribution in [-0.4, -0.2) is 43.2 Å². The highest BCUT2D eigenvalue weighted by Crippen LogP contribution is 2.39. The molecule has 0 spiro atoms. The summed E-state index contributed by atoms with van der Waals surface area (Å²) in [4.78, 5) is 14.5. The summed E-state index contributed by atoms with van der Waals surface area (Å²) in [6.45, 7) is 5.79. The van der Waals surface area contributed by atoms with Gasteiger partial charge in [-0.15, -0.1) is 0 Å². The molecule has 35 heavy (non-hydrogen) atoms. The number of ether oxygens (including phenoxy) is 2. The summed E-state index contributed by atoms with van der Waals surface area (Å²) in [6, 6.07) is 15.4. The van der Waals surface area contributed by atoms with E-state index >= 15 is 0 Å². The van der Waals surface area contributed by atoms with Crippen LogP contribution in [-0.2, 0) is 0 Å². The molecule has 0 radical (unpaired) electrons. The quantitative estimate of drug-likeness (QED) is 0.534. The number of hydrogen-bond donors (Lipinski definition) is 1. The maximum atomic E-state index is 12.0. The van der Waals surface area contributed by atoms with Crippen LogP contribution < -0.4 is 15.2 Å². The van der Waals surface area contributed by atoms with Gasteiger partial charge in [0.05, 0.1) is 12.2 Å². The number of hydrogen-bond acceptors (Lipinski definition) is 5. The highest BCUT2D eigenvalue weighted by Gasteiger charge is 2.27. The summed E-state index contributed by atoms with van der Waals surface area (Å²) in [5.74, 6) is 2.27. The van der Waals surface area contributed by atoms with Crippen molar-refractivity contribution in [2.45, 2.75) is 63.9 Å². The van der Waals surface area contributed by atoms with Crippen molar-refractivity contribution in [3.8, 4) is 17.6 Å². The summed E-state index contributed by atoms with van der Waals surface area (Å²) in [5, 5.41) is 9.27. The Labute approximate surface area is 209 Å². The zero-order valence-corrected chi connectivity index (χ0v) is 20.7. The standard InChI is InChI=1S/C29H37N3O3/c1-2-34-25-11-12-26(29(31)33)27(19-25)22-9-7-21(8-10-22)13-16-32-17-14-24(15-18-32)35-28-6-4-3-5-23(28)20-30/h3-6,11-12,19,21-22,24H,2,7-10,13-18H2,1H3,(H2,31,33). The third-order valence-corrected chi connectivity index (χ3v) is 7.58.